The van der Waals surface area contributed by atoms with E-state index < -0.39 is 11.5 Å². The van der Waals surface area contributed by atoms with Gasteiger partial charge in [0.15, 0.2) is 5.54 Å². The molecule has 3 atom stereocenters. The van der Waals surface area contributed by atoms with Crippen LogP contribution in [0.3, 0.4) is 0 Å². The molecule has 120 valence electrons. The molecule has 2 aliphatic heterocycles. The van der Waals surface area contributed by atoms with Gasteiger partial charge in [-0.3, -0.25) is 4.79 Å². The molecule has 2 N–H and O–H groups in total. The van der Waals surface area contributed by atoms with Crippen molar-refractivity contribution in [1.29, 1.82) is 0 Å². The predicted octanol–water partition coefficient (Wildman–Crippen LogP) is 0.601. The van der Waals surface area contributed by atoms with Gasteiger partial charge in [-0.2, -0.15) is 0 Å². The lowest BCUT2D eigenvalue weighted by atomic mass is 9.89. The smallest absolute Gasteiger partial charge is 0.333 e. The van der Waals surface area contributed by atoms with Crippen molar-refractivity contribution in [3.63, 3.8) is 0 Å². The van der Waals surface area contributed by atoms with Gasteiger partial charge in [0, 0.05) is 25.6 Å². The summed E-state index contributed by atoms with van der Waals surface area (Å²) in [5.74, 6) is -0.192. The number of hydrogen-bond donors (Lipinski definition) is 2. The Morgan fingerprint density at radius 2 is 1.86 bits per heavy atom. The van der Waals surface area contributed by atoms with Crippen LogP contribution in [0.4, 0.5) is 0 Å². The fourth-order valence-electron chi connectivity index (χ4n) is 3.62. The third-order valence-corrected chi connectivity index (χ3v) is 4.53. The van der Waals surface area contributed by atoms with E-state index in [0.29, 0.717) is 24.4 Å². The zero-order valence-electron chi connectivity index (χ0n) is 13.1. The fourth-order valence-corrected chi connectivity index (χ4v) is 3.62. The Labute approximate surface area is 125 Å². The second kappa shape index (κ2) is 6.75. The number of nitrogens with one attached hydrogen (secondary N) is 2. The summed E-state index contributed by atoms with van der Waals surface area (Å²) in [5, 5.41) is 6.35. The molecule has 0 saturated carbocycles. The van der Waals surface area contributed by atoms with Crippen LogP contribution in [0.2, 0.25) is 0 Å². The molecule has 2 heterocycles. The lowest BCUT2D eigenvalue weighted by molar-refractivity contribution is -0.152. The summed E-state index contributed by atoms with van der Waals surface area (Å²) in [5.41, 5.74) is -1.12. The minimum atomic E-state index is -1.12. The van der Waals surface area contributed by atoms with Crippen molar-refractivity contribution in [1.82, 2.24) is 10.6 Å². The average molecular weight is 298 g/mol. The van der Waals surface area contributed by atoms with Gasteiger partial charge < -0.3 is 20.1 Å². The summed E-state index contributed by atoms with van der Waals surface area (Å²) in [6.07, 6.45) is 4.98. The van der Waals surface area contributed by atoms with Gasteiger partial charge in [-0.05, 0) is 38.5 Å². The first-order valence-electron chi connectivity index (χ1n) is 7.61. The Balaban J connectivity index is 1.88. The quantitative estimate of drug-likeness (QED) is 0.702. The molecule has 0 aromatic rings. The Hall–Kier alpha value is -1.14. The van der Waals surface area contributed by atoms with Gasteiger partial charge in [0.1, 0.15) is 0 Å². The summed E-state index contributed by atoms with van der Waals surface area (Å²) in [7, 11) is 2.81. The van der Waals surface area contributed by atoms with Crippen molar-refractivity contribution < 1.29 is 19.1 Å². The first kappa shape index (κ1) is 16.2. The molecule has 0 aromatic carbocycles. The number of ether oxygens (including phenoxy) is 2. The van der Waals surface area contributed by atoms with Gasteiger partial charge in [-0.25, -0.2) is 4.79 Å². The number of hydrogen-bond acceptors (Lipinski definition) is 5. The van der Waals surface area contributed by atoms with Crippen LogP contribution in [0.5, 0.6) is 0 Å². The van der Waals surface area contributed by atoms with Gasteiger partial charge in [0.05, 0.1) is 13.7 Å². The number of fused-ring (bicyclic) bond motifs is 2. The number of carbonyl (C=O) groups is 2. The molecule has 2 saturated heterocycles. The summed E-state index contributed by atoms with van der Waals surface area (Å²) in [6.45, 7) is 1.73. The number of rotatable bonds is 6. The first-order valence-corrected chi connectivity index (χ1v) is 7.61. The number of esters is 1. The van der Waals surface area contributed by atoms with E-state index in [-0.39, 0.29) is 12.5 Å². The van der Waals surface area contributed by atoms with E-state index in [9.17, 15) is 9.59 Å². The minimum absolute atomic E-state index is 0.100. The van der Waals surface area contributed by atoms with Crippen LogP contribution in [-0.2, 0) is 19.1 Å². The molecule has 0 radical (unpaired) electrons. The van der Waals surface area contributed by atoms with Crippen LogP contribution in [-0.4, -0.2) is 50.3 Å². The molecule has 0 aliphatic carbocycles. The largest absolute Gasteiger partial charge is 0.467 e. The topological polar surface area (TPSA) is 76.7 Å². The Kier molecular flexibility index (Phi) is 5.22. The van der Waals surface area contributed by atoms with E-state index in [1.165, 1.54) is 27.1 Å². The summed E-state index contributed by atoms with van der Waals surface area (Å²) >= 11 is 0. The van der Waals surface area contributed by atoms with Crippen LogP contribution in [0, 0.1) is 5.92 Å². The van der Waals surface area contributed by atoms with Gasteiger partial charge in [-0.1, -0.05) is 0 Å². The molecule has 21 heavy (non-hydrogen) atoms. The molecule has 6 heteroatoms. The van der Waals surface area contributed by atoms with Crippen LogP contribution < -0.4 is 10.6 Å². The maximum Gasteiger partial charge on any atom is 0.333 e. The van der Waals surface area contributed by atoms with Crippen LogP contribution >= 0.6 is 0 Å². The monoisotopic (exact) mass is 298 g/mol. The van der Waals surface area contributed by atoms with Crippen molar-refractivity contribution >= 4 is 11.9 Å². The number of carbonyl (C=O) groups excluding carboxylic acids is 2. The SMILES string of the molecule is COCC(C)(NC(=O)CC1CC2CCC(C1)N2)C(=O)OC. The molecular weight excluding hydrogens is 272 g/mol. The highest BCUT2D eigenvalue weighted by Crippen LogP contribution is 2.32. The van der Waals surface area contributed by atoms with E-state index in [1.54, 1.807) is 6.92 Å². The van der Waals surface area contributed by atoms with Gasteiger partial charge in [0.2, 0.25) is 5.91 Å². The fraction of sp³-hybridized carbons (Fsp3) is 0.867. The van der Waals surface area contributed by atoms with E-state index in [0.717, 1.165) is 12.8 Å². The standard InChI is InChI=1S/C15H26N2O4/c1-15(9-20-2,14(19)21-3)17-13(18)8-10-6-11-4-5-12(7-10)16-11/h10-12,16H,4-9H2,1-3H3,(H,17,18). The highest BCUT2D eigenvalue weighted by Gasteiger charge is 2.38. The van der Waals surface area contributed by atoms with Crippen LogP contribution in [0.25, 0.3) is 0 Å². The highest BCUT2D eigenvalue weighted by atomic mass is 16.5. The number of amides is 1. The normalized spacial score (nSPS) is 30.5. The maximum absolute atomic E-state index is 12.3. The maximum atomic E-state index is 12.3. The molecule has 2 aliphatic rings. The van der Waals surface area contributed by atoms with Gasteiger partial charge in [0.25, 0.3) is 0 Å². The molecule has 0 aromatic heterocycles. The Morgan fingerprint density at radius 3 is 2.38 bits per heavy atom. The van der Waals surface area contributed by atoms with Gasteiger partial charge >= 0.3 is 5.97 Å². The molecule has 2 rings (SSSR count). The van der Waals surface area contributed by atoms with Crippen molar-refractivity contribution in [3.05, 3.63) is 0 Å². The second-order valence-corrected chi connectivity index (χ2v) is 6.48. The lowest BCUT2D eigenvalue weighted by Crippen LogP contribution is -2.56. The van der Waals surface area contributed by atoms with Crippen molar-refractivity contribution in [3.8, 4) is 0 Å². The number of methoxy groups -OCH3 is 2. The molecule has 2 bridgehead atoms. The second-order valence-electron chi connectivity index (χ2n) is 6.48. The summed E-state index contributed by atoms with van der Waals surface area (Å²) in [6, 6.07) is 1.13. The average Bonchev–Trinajstić information content (AvgIpc) is 2.77. The van der Waals surface area contributed by atoms with E-state index in [2.05, 4.69) is 10.6 Å². The lowest BCUT2D eigenvalue weighted by Gasteiger charge is -2.31. The molecular formula is C15H26N2O4. The van der Waals surface area contributed by atoms with E-state index >= 15 is 0 Å². The van der Waals surface area contributed by atoms with E-state index in [1.807, 2.05) is 0 Å². The third kappa shape index (κ3) is 3.95. The van der Waals surface area contributed by atoms with Crippen LogP contribution in [0.15, 0.2) is 0 Å². The highest BCUT2D eigenvalue weighted by molar-refractivity contribution is 5.87. The third-order valence-electron chi connectivity index (χ3n) is 4.53. The zero-order valence-corrected chi connectivity index (χ0v) is 13.1. The first-order chi connectivity index (χ1) is 9.96. The summed E-state index contributed by atoms with van der Waals surface area (Å²) in [4.78, 5) is 24.1. The molecule has 0 spiro atoms. The Bertz CT molecular complexity index is 389. The van der Waals surface area contributed by atoms with Crippen molar-refractivity contribution in [2.24, 2.45) is 5.92 Å². The Morgan fingerprint density at radius 1 is 1.24 bits per heavy atom. The molecule has 3 unspecified atom stereocenters. The summed E-state index contributed by atoms with van der Waals surface area (Å²) < 4.78 is 9.80. The van der Waals surface area contributed by atoms with Crippen LogP contribution in [0.1, 0.15) is 39.0 Å². The van der Waals surface area contributed by atoms with Gasteiger partial charge in [-0.15, -0.1) is 0 Å². The predicted molar refractivity (Wildman–Crippen MR) is 77.7 cm³/mol. The van der Waals surface area contributed by atoms with Crippen molar-refractivity contribution in [2.45, 2.75) is 56.7 Å². The molecule has 1 amide bonds. The number of piperidine rings is 1. The molecule has 2 fully saturated rings. The van der Waals surface area contributed by atoms with Crippen molar-refractivity contribution in [2.75, 3.05) is 20.8 Å². The minimum Gasteiger partial charge on any atom is -0.467 e. The molecule has 6 nitrogen and oxygen atoms in total. The zero-order chi connectivity index (χ0) is 15.5. The van der Waals surface area contributed by atoms with E-state index in [4.69, 9.17) is 9.47 Å².